The fourth-order valence-corrected chi connectivity index (χ4v) is 5.35. The van der Waals surface area contributed by atoms with Crippen molar-refractivity contribution in [2.45, 2.75) is 63.2 Å². The number of primary amides is 1. The van der Waals surface area contributed by atoms with E-state index in [0.717, 1.165) is 12.0 Å². The van der Waals surface area contributed by atoms with Crippen LogP contribution in [0.1, 0.15) is 73.4 Å². The van der Waals surface area contributed by atoms with Gasteiger partial charge < -0.3 is 10.7 Å². The van der Waals surface area contributed by atoms with Crippen LogP contribution in [0.15, 0.2) is 30.3 Å². The van der Waals surface area contributed by atoms with Gasteiger partial charge in [0.25, 0.3) is 0 Å². The molecule has 0 aliphatic heterocycles. The summed E-state index contributed by atoms with van der Waals surface area (Å²) in [6.07, 6.45) is 1.29. The molecule has 32 heavy (non-hydrogen) atoms. The van der Waals surface area contributed by atoms with Crippen LogP contribution < -0.4 is 5.73 Å². The molecule has 0 radical (unpaired) electrons. The van der Waals surface area contributed by atoms with Crippen molar-refractivity contribution in [2.75, 3.05) is 0 Å². The molecule has 1 amide bonds. The summed E-state index contributed by atoms with van der Waals surface area (Å²) in [5.41, 5.74) is 9.47. The first-order valence-electron chi connectivity index (χ1n) is 10.8. The Morgan fingerprint density at radius 1 is 1.25 bits per heavy atom. The predicted molar refractivity (Wildman–Crippen MR) is 124 cm³/mol. The van der Waals surface area contributed by atoms with Gasteiger partial charge in [0.05, 0.1) is 16.5 Å². The highest BCUT2D eigenvalue weighted by molar-refractivity contribution is 6.39. The van der Waals surface area contributed by atoms with Crippen molar-refractivity contribution in [3.63, 3.8) is 0 Å². The highest BCUT2D eigenvalue weighted by Gasteiger charge is 2.37. The Morgan fingerprint density at radius 3 is 2.50 bits per heavy atom. The lowest BCUT2D eigenvalue weighted by Gasteiger charge is -2.29. The molecular weight excluding hydrogens is 455 g/mol. The van der Waals surface area contributed by atoms with Crippen LogP contribution in [0.2, 0.25) is 10.0 Å². The first-order chi connectivity index (χ1) is 15.2. The van der Waals surface area contributed by atoms with Crippen molar-refractivity contribution in [3.05, 3.63) is 62.9 Å². The molecule has 0 bridgehead atoms. The smallest absolute Gasteiger partial charge is 0.248 e. The summed E-state index contributed by atoms with van der Waals surface area (Å²) in [6, 6.07) is 9.73. The minimum atomic E-state index is -2.63. The number of carbonyl (C=O) groups is 1. The second kappa shape index (κ2) is 8.99. The Kier molecular flexibility index (Phi) is 6.46. The van der Waals surface area contributed by atoms with Gasteiger partial charge in [-0.15, -0.1) is 0 Å². The molecule has 1 aliphatic rings. The molecule has 1 fully saturated rings. The van der Waals surface area contributed by atoms with Crippen LogP contribution in [0.25, 0.3) is 11.0 Å². The number of alkyl halides is 2. The number of hydrogen-bond acceptors (Lipinski definition) is 2. The van der Waals surface area contributed by atoms with Gasteiger partial charge >= 0.3 is 0 Å². The van der Waals surface area contributed by atoms with Crippen LogP contribution in [0.5, 0.6) is 0 Å². The van der Waals surface area contributed by atoms with E-state index in [9.17, 15) is 13.6 Å². The maximum absolute atomic E-state index is 13.6. The van der Waals surface area contributed by atoms with Crippen LogP contribution >= 0.6 is 23.2 Å². The Labute approximate surface area is 195 Å². The Hall–Kier alpha value is -2.18. The second-order valence-corrected chi connectivity index (χ2v) is 9.34. The summed E-state index contributed by atoms with van der Waals surface area (Å²) in [5, 5.41) is 0.816. The van der Waals surface area contributed by atoms with E-state index in [2.05, 4.69) is 11.9 Å². The van der Waals surface area contributed by atoms with Gasteiger partial charge in [-0.2, -0.15) is 0 Å². The number of nitrogens with two attached hydrogens (primary N) is 1. The minimum absolute atomic E-state index is 0.0845. The summed E-state index contributed by atoms with van der Waals surface area (Å²) in [6.45, 7) is 2.08. The number of rotatable bonds is 6. The summed E-state index contributed by atoms with van der Waals surface area (Å²) < 4.78 is 27.3. The van der Waals surface area contributed by atoms with Crippen LogP contribution in [-0.4, -0.2) is 21.8 Å². The second-order valence-electron chi connectivity index (χ2n) is 8.55. The number of halogens is 4. The number of amides is 1. The van der Waals surface area contributed by atoms with Crippen LogP contribution in [0.3, 0.4) is 0 Å². The zero-order chi connectivity index (χ0) is 23.0. The van der Waals surface area contributed by atoms with Crippen LogP contribution in [0.4, 0.5) is 8.78 Å². The molecule has 0 unspecified atom stereocenters. The molecule has 1 aliphatic carbocycles. The van der Waals surface area contributed by atoms with E-state index in [1.54, 1.807) is 6.07 Å². The fraction of sp³-hybridized carbons (Fsp3) is 0.417. The first-order valence-corrected chi connectivity index (χ1v) is 11.6. The quantitative estimate of drug-likeness (QED) is 0.411. The van der Waals surface area contributed by atoms with E-state index in [0.29, 0.717) is 45.3 Å². The Bertz CT molecular complexity index is 1130. The molecule has 1 aromatic heterocycles. The molecule has 3 aromatic rings. The summed E-state index contributed by atoms with van der Waals surface area (Å²) in [7, 11) is 0. The minimum Gasteiger partial charge on any atom is -0.370 e. The van der Waals surface area contributed by atoms with Crippen molar-refractivity contribution in [2.24, 2.45) is 5.73 Å². The van der Waals surface area contributed by atoms with Crippen LogP contribution in [0, 0.1) is 0 Å². The normalized spacial score (nSPS) is 17.5. The number of H-pyrrole nitrogens is 1. The monoisotopic (exact) mass is 479 g/mol. The maximum atomic E-state index is 13.6. The number of imidazole rings is 1. The third kappa shape index (κ3) is 4.62. The van der Waals surface area contributed by atoms with Crippen molar-refractivity contribution < 1.29 is 13.6 Å². The molecule has 0 spiro atoms. The van der Waals surface area contributed by atoms with E-state index in [4.69, 9.17) is 33.9 Å². The number of aromatic nitrogens is 2. The molecule has 1 heterocycles. The molecule has 170 valence electrons. The lowest BCUT2D eigenvalue weighted by Crippen LogP contribution is -2.23. The third-order valence-electron chi connectivity index (χ3n) is 6.37. The average molecular weight is 480 g/mol. The molecule has 1 saturated carbocycles. The SMILES string of the molecule is CCc1ccc([C@@H](CC(N)=O)c2nc3c(Cl)c(C4CCC(F)(F)CC4)c(Cl)cc3[nH]2)cc1. The van der Waals surface area contributed by atoms with E-state index in [-0.39, 0.29) is 31.1 Å². The Morgan fingerprint density at radius 2 is 1.91 bits per heavy atom. The Balaban J connectivity index is 1.74. The van der Waals surface area contributed by atoms with E-state index < -0.39 is 11.8 Å². The summed E-state index contributed by atoms with van der Waals surface area (Å²) in [5.74, 6) is -3.01. The zero-order valence-electron chi connectivity index (χ0n) is 17.7. The topological polar surface area (TPSA) is 71.8 Å². The van der Waals surface area contributed by atoms with Gasteiger partial charge in [0.1, 0.15) is 11.3 Å². The number of aromatic amines is 1. The van der Waals surface area contributed by atoms with Crippen molar-refractivity contribution >= 4 is 40.1 Å². The van der Waals surface area contributed by atoms with Crippen molar-refractivity contribution in [3.8, 4) is 0 Å². The van der Waals surface area contributed by atoms with E-state index in [1.165, 1.54) is 5.56 Å². The van der Waals surface area contributed by atoms with Gasteiger partial charge in [-0.3, -0.25) is 4.79 Å². The van der Waals surface area contributed by atoms with Gasteiger partial charge in [0.15, 0.2) is 0 Å². The molecular formula is C24H25Cl2F2N3O. The van der Waals surface area contributed by atoms with Gasteiger partial charge in [0, 0.05) is 24.3 Å². The zero-order valence-corrected chi connectivity index (χ0v) is 19.2. The van der Waals surface area contributed by atoms with E-state index in [1.807, 2.05) is 24.3 Å². The molecule has 1 atom stereocenters. The highest BCUT2D eigenvalue weighted by atomic mass is 35.5. The number of nitrogens with one attached hydrogen (secondary N) is 1. The van der Waals surface area contributed by atoms with Crippen LogP contribution in [-0.2, 0) is 11.2 Å². The molecule has 4 nitrogen and oxygen atoms in total. The number of benzene rings is 2. The van der Waals surface area contributed by atoms with Gasteiger partial charge in [-0.1, -0.05) is 54.4 Å². The molecule has 3 N–H and O–H groups in total. The van der Waals surface area contributed by atoms with E-state index >= 15 is 0 Å². The third-order valence-corrected chi connectivity index (χ3v) is 7.07. The van der Waals surface area contributed by atoms with Crippen molar-refractivity contribution in [1.82, 2.24) is 9.97 Å². The molecule has 8 heteroatoms. The first kappa shape index (κ1) is 23.0. The molecule has 2 aromatic carbocycles. The maximum Gasteiger partial charge on any atom is 0.248 e. The number of fused-ring (bicyclic) bond motifs is 1. The predicted octanol–water partition coefficient (Wildman–Crippen LogP) is 6.73. The molecule has 0 saturated heterocycles. The number of nitrogens with zero attached hydrogens (tertiary/aromatic N) is 1. The fourth-order valence-electron chi connectivity index (χ4n) is 4.54. The average Bonchev–Trinajstić information content (AvgIpc) is 3.17. The number of hydrogen-bond donors (Lipinski definition) is 2. The molecule has 4 rings (SSSR count). The lowest BCUT2D eigenvalue weighted by atomic mass is 9.82. The number of aryl methyl sites for hydroxylation is 1. The van der Waals surface area contributed by atoms with Crippen molar-refractivity contribution in [1.29, 1.82) is 0 Å². The van der Waals surface area contributed by atoms with Gasteiger partial charge in [-0.05, 0) is 47.9 Å². The largest absolute Gasteiger partial charge is 0.370 e. The summed E-state index contributed by atoms with van der Waals surface area (Å²) in [4.78, 5) is 19.8. The number of carbonyl (C=O) groups excluding carboxylic acids is 1. The summed E-state index contributed by atoms with van der Waals surface area (Å²) >= 11 is 13.3. The highest BCUT2D eigenvalue weighted by Crippen LogP contribution is 2.46. The standard InChI is InChI=1S/C24H25Cl2F2N3O/c1-2-13-3-5-14(6-4-13)16(11-19(29)32)23-30-18-12-17(25)20(21(26)22(18)31-23)15-7-9-24(27,28)10-8-15/h3-6,12,15-16H,2,7-11H2,1H3,(H2,29,32)(H,30,31)/t16-/m1/s1. The lowest BCUT2D eigenvalue weighted by molar-refractivity contribution is -0.118. The van der Waals surface area contributed by atoms with Gasteiger partial charge in [-0.25, -0.2) is 13.8 Å². The van der Waals surface area contributed by atoms with Gasteiger partial charge in [0.2, 0.25) is 11.8 Å².